The molecule has 0 aromatic carbocycles. The van der Waals surface area contributed by atoms with Crippen molar-refractivity contribution in [1.82, 2.24) is 0 Å². The van der Waals surface area contributed by atoms with Gasteiger partial charge >= 0.3 is 0 Å². The van der Waals surface area contributed by atoms with Crippen LogP contribution in [0.5, 0.6) is 0 Å². The molecule has 2 nitrogen and oxygen atoms in total. The fourth-order valence-corrected chi connectivity index (χ4v) is 5.66. The minimum Gasteiger partial charge on any atom is -0.368 e. The van der Waals surface area contributed by atoms with Gasteiger partial charge in [0.15, 0.2) is 0 Å². The molecule has 2 saturated heterocycles. The first kappa shape index (κ1) is 14.8. The second kappa shape index (κ2) is 4.44. The van der Waals surface area contributed by atoms with Crippen molar-refractivity contribution in [3.8, 4) is 0 Å². The highest BCUT2D eigenvalue weighted by Crippen LogP contribution is 2.59. The van der Waals surface area contributed by atoms with Gasteiger partial charge in [0.1, 0.15) is 5.60 Å². The van der Waals surface area contributed by atoms with Gasteiger partial charge in [0, 0.05) is 10.2 Å². The molecule has 0 N–H and O–H groups in total. The second-order valence-electron chi connectivity index (χ2n) is 7.48. The Bertz CT molecular complexity index is 386. The number of hydrogen-bond acceptors (Lipinski definition) is 2. The second-order valence-corrected chi connectivity index (χ2v) is 9.23. The lowest BCUT2D eigenvalue weighted by molar-refractivity contribution is -0.169. The van der Waals surface area contributed by atoms with Crippen LogP contribution in [0.4, 0.5) is 0 Å². The monoisotopic (exact) mass is 394 g/mol. The number of halogens is 2. The lowest BCUT2D eigenvalue weighted by Gasteiger charge is -2.53. The normalized spacial score (nSPS) is 55.9. The first-order valence-corrected chi connectivity index (χ1v) is 9.33. The Balaban J connectivity index is 1.95. The van der Waals surface area contributed by atoms with E-state index in [0.29, 0.717) is 16.8 Å². The van der Waals surface area contributed by atoms with E-state index in [0.717, 1.165) is 18.2 Å². The molecule has 4 heteroatoms. The molecular formula is C15H24Br2O2. The Kier molecular flexibility index (Phi) is 3.46. The van der Waals surface area contributed by atoms with Gasteiger partial charge < -0.3 is 9.47 Å². The Hall–Kier alpha value is 0.880. The van der Waals surface area contributed by atoms with Gasteiger partial charge in [-0.15, -0.1) is 0 Å². The zero-order valence-corrected chi connectivity index (χ0v) is 15.4. The van der Waals surface area contributed by atoms with Crippen molar-refractivity contribution in [3.63, 3.8) is 0 Å². The molecule has 1 aliphatic carbocycles. The molecule has 3 fully saturated rings. The lowest BCUT2D eigenvalue weighted by atomic mass is 9.60. The molecule has 0 spiro atoms. The fourth-order valence-electron chi connectivity index (χ4n) is 4.34. The maximum absolute atomic E-state index is 6.60. The summed E-state index contributed by atoms with van der Waals surface area (Å²) in [6, 6.07) is 0. The Labute approximate surface area is 133 Å². The SMILES string of the molecule is CC1(C)[C@@H](Br)CC[C@]2(C)O[C@@H](CBr)[C@]3(C)O[C@@H]3C[C@@H]12. The van der Waals surface area contributed by atoms with E-state index in [9.17, 15) is 0 Å². The molecule has 110 valence electrons. The predicted octanol–water partition coefficient (Wildman–Crippen LogP) is 4.29. The summed E-state index contributed by atoms with van der Waals surface area (Å²) in [7, 11) is 0. The van der Waals surface area contributed by atoms with E-state index in [1.807, 2.05) is 0 Å². The van der Waals surface area contributed by atoms with Crippen LogP contribution in [-0.4, -0.2) is 33.6 Å². The molecule has 6 atom stereocenters. The van der Waals surface area contributed by atoms with Crippen LogP contribution >= 0.6 is 31.9 Å². The van der Waals surface area contributed by atoms with Crippen LogP contribution in [0.15, 0.2) is 0 Å². The van der Waals surface area contributed by atoms with Crippen LogP contribution in [0.25, 0.3) is 0 Å². The molecule has 19 heavy (non-hydrogen) atoms. The summed E-state index contributed by atoms with van der Waals surface area (Å²) >= 11 is 7.51. The van der Waals surface area contributed by atoms with Crippen LogP contribution in [0.1, 0.15) is 47.0 Å². The molecule has 0 unspecified atom stereocenters. The van der Waals surface area contributed by atoms with E-state index < -0.39 is 0 Å². The summed E-state index contributed by atoms with van der Waals surface area (Å²) in [5.41, 5.74) is 0.175. The third-order valence-electron chi connectivity index (χ3n) is 5.96. The van der Waals surface area contributed by atoms with Gasteiger partial charge in [0.25, 0.3) is 0 Å². The van der Waals surface area contributed by atoms with Crippen LogP contribution < -0.4 is 0 Å². The molecule has 0 aromatic heterocycles. The summed E-state index contributed by atoms with van der Waals surface area (Å²) < 4.78 is 12.6. The molecule has 2 heterocycles. The lowest BCUT2D eigenvalue weighted by Crippen LogP contribution is -2.54. The highest BCUT2D eigenvalue weighted by atomic mass is 79.9. The van der Waals surface area contributed by atoms with Crippen LogP contribution in [0, 0.1) is 11.3 Å². The summed E-state index contributed by atoms with van der Waals surface area (Å²) in [5, 5.41) is 0.862. The van der Waals surface area contributed by atoms with E-state index >= 15 is 0 Å². The number of fused-ring (bicyclic) bond motifs is 2. The number of rotatable bonds is 1. The third kappa shape index (κ3) is 2.08. The van der Waals surface area contributed by atoms with Crippen molar-refractivity contribution in [2.24, 2.45) is 11.3 Å². The van der Waals surface area contributed by atoms with Gasteiger partial charge in [0.05, 0.1) is 17.8 Å². The molecule has 3 rings (SSSR count). The maximum atomic E-state index is 6.60. The summed E-state index contributed by atoms with van der Waals surface area (Å²) in [5.74, 6) is 0.550. The summed E-state index contributed by atoms with van der Waals surface area (Å²) in [6.45, 7) is 9.29. The highest BCUT2D eigenvalue weighted by Gasteiger charge is 2.66. The van der Waals surface area contributed by atoms with Crippen molar-refractivity contribution in [1.29, 1.82) is 0 Å². The van der Waals surface area contributed by atoms with Gasteiger partial charge in [0.2, 0.25) is 0 Å². The van der Waals surface area contributed by atoms with Gasteiger partial charge in [-0.1, -0.05) is 45.7 Å². The van der Waals surface area contributed by atoms with Gasteiger partial charge in [-0.25, -0.2) is 0 Å². The molecule has 0 radical (unpaired) electrons. The van der Waals surface area contributed by atoms with E-state index in [4.69, 9.17) is 9.47 Å². The smallest absolute Gasteiger partial charge is 0.119 e. The van der Waals surface area contributed by atoms with Gasteiger partial charge in [-0.3, -0.25) is 0 Å². The minimum atomic E-state index is -0.0677. The standard InChI is InChI=1S/C15H24Br2O2/c1-13(2)9-7-11-15(4,19-11)12(8-16)18-14(9,3)6-5-10(13)17/h9-12H,5-8H2,1-4H3/t9-,10-,11+,12-,14-,15+/m0/s1. The van der Waals surface area contributed by atoms with Crippen molar-refractivity contribution in [2.45, 2.75) is 75.2 Å². The van der Waals surface area contributed by atoms with Gasteiger partial charge in [-0.2, -0.15) is 0 Å². The Morgan fingerprint density at radius 2 is 1.84 bits per heavy atom. The van der Waals surface area contributed by atoms with Crippen LogP contribution in [0.3, 0.4) is 0 Å². The van der Waals surface area contributed by atoms with Crippen molar-refractivity contribution >= 4 is 31.9 Å². The summed E-state index contributed by atoms with van der Waals surface area (Å²) in [4.78, 5) is 0.576. The molecule has 1 saturated carbocycles. The molecular weight excluding hydrogens is 372 g/mol. The van der Waals surface area contributed by atoms with Crippen molar-refractivity contribution in [2.75, 3.05) is 5.33 Å². The number of ether oxygens (including phenoxy) is 2. The van der Waals surface area contributed by atoms with E-state index in [1.165, 1.54) is 6.42 Å². The molecule has 2 aliphatic heterocycles. The highest BCUT2D eigenvalue weighted by molar-refractivity contribution is 9.09. The quantitative estimate of drug-likeness (QED) is 0.488. The molecule has 0 bridgehead atoms. The zero-order chi connectivity index (χ0) is 14.1. The van der Waals surface area contributed by atoms with Crippen LogP contribution in [-0.2, 0) is 9.47 Å². The average molecular weight is 396 g/mol. The molecule has 3 aliphatic rings. The third-order valence-corrected chi connectivity index (χ3v) is 8.18. The van der Waals surface area contributed by atoms with E-state index in [-0.39, 0.29) is 22.7 Å². The van der Waals surface area contributed by atoms with E-state index in [1.54, 1.807) is 0 Å². The number of epoxide rings is 1. The number of hydrogen-bond donors (Lipinski definition) is 0. The van der Waals surface area contributed by atoms with Gasteiger partial charge in [-0.05, 0) is 44.4 Å². The molecule has 0 aromatic rings. The molecule has 0 amide bonds. The minimum absolute atomic E-state index is 0.00794. The summed E-state index contributed by atoms with van der Waals surface area (Å²) in [6.07, 6.45) is 4.01. The maximum Gasteiger partial charge on any atom is 0.119 e. The first-order chi connectivity index (χ1) is 8.74. The topological polar surface area (TPSA) is 21.8 Å². The fraction of sp³-hybridized carbons (Fsp3) is 1.00. The Morgan fingerprint density at radius 3 is 2.47 bits per heavy atom. The average Bonchev–Trinajstić information content (AvgIpc) is 3.00. The van der Waals surface area contributed by atoms with Crippen molar-refractivity contribution < 1.29 is 9.47 Å². The van der Waals surface area contributed by atoms with E-state index in [2.05, 4.69) is 59.6 Å². The first-order valence-electron chi connectivity index (χ1n) is 7.30. The zero-order valence-electron chi connectivity index (χ0n) is 12.2. The van der Waals surface area contributed by atoms with Crippen LogP contribution in [0.2, 0.25) is 0 Å². The predicted molar refractivity (Wildman–Crippen MR) is 84.2 cm³/mol. The number of alkyl halides is 2. The Morgan fingerprint density at radius 1 is 1.16 bits per heavy atom. The van der Waals surface area contributed by atoms with Crippen molar-refractivity contribution in [3.05, 3.63) is 0 Å². The largest absolute Gasteiger partial charge is 0.368 e.